The third kappa shape index (κ3) is 3.91. The average molecular weight is 375 g/mol. The van der Waals surface area contributed by atoms with E-state index in [-0.39, 0.29) is 5.91 Å². The van der Waals surface area contributed by atoms with Crippen molar-refractivity contribution in [3.05, 3.63) is 59.9 Å². The second kappa shape index (κ2) is 7.84. The lowest BCUT2D eigenvalue weighted by atomic mass is 10.1. The molecular formula is C22H25N5O. The maximum Gasteiger partial charge on any atom is 0.255 e. The minimum atomic E-state index is -0.128. The normalized spacial score (nSPS) is 13.4. The SMILES string of the molecule is CCN(CC)c1ccc(C(=O)Nc2cccc(-c3n[nH]c(C4CC4)n3)c2)cc1. The molecule has 144 valence electrons. The molecule has 0 radical (unpaired) electrons. The van der Waals surface area contributed by atoms with Crippen LogP contribution in [0.4, 0.5) is 11.4 Å². The molecule has 4 rings (SSSR count). The number of nitrogens with one attached hydrogen (secondary N) is 2. The third-order valence-electron chi connectivity index (χ3n) is 5.10. The predicted octanol–water partition coefficient (Wildman–Crippen LogP) is 4.45. The first kappa shape index (κ1) is 18.2. The number of carbonyl (C=O) groups excluding carboxylic acids is 1. The number of nitrogens with zero attached hydrogens (tertiary/aromatic N) is 3. The van der Waals surface area contributed by atoms with Gasteiger partial charge in [-0.2, -0.15) is 5.10 Å². The fourth-order valence-electron chi connectivity index (χ4n) is 3.29. The van der Waals surface area contributed by atoms with E-state index in [1.165, 1.54) is 12.8 Å². The minimum Gasteiger partial charge on any atom is -0.372 e. The Hall–Kier alpha value is -3.15. The lowest BCUT2D eigenvalue weighted by Crippen LogP contribution is -2.21. The summed E-state index contributed by atoms with van der Waals surface area (Å²) >= 11 is 0. The van der Waals surface area contributed by atoms with Gasteiger partial charge in [-0.25, -0.2) is 4.98 Å². The number of aromatic amines is 1. The largest absolute Gasteiger partial charge is 0.372 e. The van der Waals surface area contributed by atoms with Crippen molar-refractivity contribution in [2.75, 3.05) is 23.3 Å². The summed E-state index contributed by atoms with van der Waals surface area (Å²) in [6.45, 7) is 6.13. The van der Waals surface area contributed by atoms with Crippen LogP contribution in [0.3, 0.4) is 0 Å². The van der Waals surface area contributed by atoms with Gasteiger partial charge in [-0.3, -0.25) is 9.89 Å². The van der Waals surface area contributed by atoms with Crippen molar-refractivity contribution < 1.29 is 4.79 Å². The fourth-order valence-corrected chi connectivity index (χ4v) is 3.29. The van der Waals surface area contributed by atoms with Crippen LogP contribution >= 0.6 is 0 Å². The summed E-state index contributed by atoms with van der Waals surface area (Å²) in [6.07, 6.45) is 2.36. The Morgan fingerprint density at radius 2 is 1.89 bits per heavy atom. The number of rotatable bonds is 7. The molecule has 28 heavy (non-hydrogen) atoms. The number of hydrogen-bond acceptors (Lipinski definition) is 4. The molecule has 0 aliphatic heterocycles. The standard InChI is InChI=1S/C22H25N5O/c1-3-27(4-2)19-12-10-16(11-13-19)22(28)23-18-7-5-6-17(14-18)21-24-20(25-26-21)15-8-9-15/h5-7,10-15H,3-4,8-9H2,1-2H3,(H,23,28)(H,24,25,26). The van der Waals surface area contributed by atoms with Crippen LogP contribution in [0.1, 0.15) is 48.8 Å². The monoisotopic (exact) mass is 375 g/mol. The molecule has 1 saturated carbocycles. The van der Waals surface area contributed by atoms with Gasteiger partial charge in [-0.1, -0.05) is 12.1 Å². The van der Waals surface area contributed by atoms with Crippen LogP contribution in [0.5, 0.6) is 0 Å². The molecule has 3 aromatic rings. The van der Waals surface area contributed by atoms with Gasteiger partial charge in [-0.05, 0) is 63.1 Å². The van der Waals surface area contributed by atoms with E-state index in [1.807, 2.05) is 48.5 Å². The van der Waals surface area contributed by atoms with Gasteiger partial charge >= 0.3 is 0 Å². The number of benzene rings is 2. The lowest BCUT2D eigenvalue weighted by molar-refractivity contribution is 0.102. The molecule has 0 saturated heterocycles. The lowest BCUT2D eigenvalue weighted by Gasteiger charge is -2.21. The summed E-state index contributed by atoms with van der Waals surface area (Å²) in [6, 6.07) is 15.4. The Labute approximate surface area is 165 Å². The Morgan fingerprint density at radius 1 is 1.14 bits per heavy atom. The Balaban J connectivity index is 1.47. The van der Waals surface area contributed by atoms with E-state index in [4.69, 9.17) is 0 Å². The molecule has 0 atom stereocenters. The summed E-state index contributed by atoms with van der Waals surface area (Å²) in [4.78, 5) is 19.4. The first-order chi connectivity index (χ1) is 13.7. The van der Waals surface area contributed by atoms with Crippen molar-refractivity contribution in [3.8, 4) is 11.4 Å². The molecule has 1 amide bonds. The number of aromatic nitrogens is 3. The van der Waals surface area contributed by atoms with Crippen molar-refractivity contribution in [2.24, 2.45) is 0 Å². The molecule has 2 N–H and O–H groups in total. The first-order valence-corrected chi connectivity index (χ1v) is 9.87. The van der Waals surface area contributed by atoms with Crippen molar-refractivity contribution >= 4 is 17.3 Å². The van der Waals surface area contributed by atoms with Crippen LogP contribution in [0.2, 0.25) is 0 Å². The summed E-state index contributed by atoms with van der Waals surface area (Å²) in [5.41, 5.74) is 3.38. The Morgan fingerprint density at radius 3 is 2.57 bits per heavy atom. The van der Waals surface area contributed by atoms with Gasteiger partial charge in [-0.15, -0.1) is 0 Å². The van der Waals surface area contributed by atoms with Crippen LogP contribution in [0.15, 0.2) is 48.5 Å². The summed E-state index contributed by atoms with van der Waals surface area (Å²) in [5, 5.41) is 10.3. The number of carbonyl (C=O) groups is 1. The third-order valence-corrected chi connectivity index (χ3v) is 5.10. The number of amides is 1. The molecule has 2 aromatic carbocycles. The van der Waals surface area contributed by atoms with Crippen LogP contribution in [-0.4, -0.2) is 34.2 Å². The molecule has 1 aliphatic carbocycles. The maximum absolute atomic E-state index is 12.6. The molecule has 1 aliphatic rings. The minimum absolute atomic E-state index is 0.128. The summed E-state index contributed by atoms with van der Waals surface area (Å²) in [7, 11) is 0. The van der Waals surface area contributed by atoms with Crippen molar-refractivity contribution in [3.63, 3.8) is 0 Å². The fraction of sp³-hybridized carbons (Fsp3) is 0.318. The van der Waals surface area contributed by atoms with Gasteiger partial charge in [0.15, 0.2) is 5.82 Å². The predicted molar refractivity (Wildman–Crippen MR) is 112 cm³/mol. The van der Waals surface area contributed by atoms with Gasteiger partial charge in [0.1, 0.15) is 5.82 Å². The van der Waals surface area contributed by atoms with Gasteiger partial charge in [0, 0.05) is 41.5 Å². The molecule has 6 nitrogen and oxygen atoms in total. The molecule has 0 spiro atoms. The van der Waals surface area contributed by atoms with Crippen molar-refractivity contribution in [2.45, 2.75) is 32.6 Å². The molecule has 1 aromatic heterocycles. The number of hydrogen-bond donors (Lipinski definition) is 2. The average Bonchev–Trinajstić information content (AvgIpc) is 3.46. The van der Waals surface area contributed by atoms with Gasteiger partial charge in [0.2, 0.25) is 0 Å². The molecular weight excluding hydrogens is 350 g/mol. The van der Waals surface area contributed by atoms with Crippen LogP contribution in [0, 0.1) is 0 Å². The Bertz CT molecular complexity index is 955. The zero-order chi connectivity index (χ0) is 19.5. The molecule has 6 heteroatoms. The van der Waals surface area contributed by atoms with E-state index < -0.39 is 0 Å². The van der Waals surface area contributed by atoms with Gasteiger partial charge < -0.3 is 10.2 Å². The van der Waals surface area contributed by atoms with E-state index in [0.717, 1.165) is 35.9 Å². The highest BCUT2D eigenvalue weighted by Crippen LogP contribution is 2.38. The van der Waals surface area contributed by atoms with Crippen molar-refractivity contribution in [1.82, 2.24) is 15.2 Å². The topological polar surface area (TPSA) is 73.9 Å². The van der Waals surface area contributed by atoms with E-state index >= 15 is 0 Å². The molecule has 0 unspecified atom stereocenters. The number of H-pyrrole nitrogens is 1. The molecule has 1 fully saturated rings. The molecule has 1 heterocycles. The summed E-state index contributed by atoms with van der Waals surface area (Å²) < 4.78 is 0. The van der Waals surface area contributed by atoms with E-state index in [1.54, 1.807) is 0 Å². The van der Waals surface area contributed by atoms with Crippen LogP contribution in [0.25, 0.3) is 11.4 Å². The smallest absolute Gasteiger partial charge is 0.255 e. The van der Waals surface area contributed by atoms with E-state index in [2.05, 4.69) is 39.2 Å². The second-order valence-electron chi connectivity index (χ2n) is 7.07. The second-order valence-corrected chi connectivity index (χ2v) is 7.07. The number of anilines is 2. The van der Waals surface area contributed by atoms with Crippen LogP contribution < -0.4 is 10.2 Å². The first-order valence-electron chi connectivity index (χ1n) is 9.87. The van der Waals surface area contributed by atoms with Gasteiger partial charge in [0.25, 0.3) is 5.91 Å². The zero-order valence-electron chi connectivity index (χ0n) is 16.3. The van der Waals surface area contributed by atoms with Crippen molar-refractivity contribution in [1.29, 1.82) is 0 Å². The summed E-state index contributed by atoms with van der Waals surface area (Å²) in [5.74, 6) is 2.03. The maximum atomic E-state index is 12.6. The van der Waals surface area contributed by atoms with Gasteiger partial charge in [0.05, 0.1) is 0 Å². The van der Waals surface area contributed by atoms with E-state index in [0.29, 0.717) is 17.3 Å². The Kier molecular flexibility index (Phi) is 5.10. The highest BCUT2D eigenvalue weighted by molar-refractivity contribution is 6.04. The quantitative estimate of drug-likeness (QED) is 0.640. The van der Waals surface area contributed by atoms with E-state index in [9.17, 15) is 4.79 Å². The molecule has 0 bridgehead atoms. The zero-order valence-corrected chi connectivity index (χ0v) is 16.3. The van der Waals surface area contributed by atoms with Crippen LogP contribution in [-0.2, 0) is 0 Å². The highest BCUT2D eigenvalue weighted by atomic mass is 16.1. The highest BCUT2D eigenvalue weighted by Gasteiger charge is 2.27.